The highest BCUT2D eigenvalue weighted by Gasteiger charge is 2.27. The molecule has 0 amide bonds. The molecule has 1 aromatic carbocycles. The molecule has 2 unspecified atom stereocenters. The molecule has 2 heterocycles. The van der Waals surface area contributed by atoms with E-state index in [9.17, 15) is 8.42 Å². The molecule has 4 nitrogen and oxygen atoms in total. The molecule has 0 bridgehead atoms. The molecule has 20 heavy (non-hydrogen) atoms. The zero-order chi connectivity index (χ0) is 14.0. The van der Waals surface area contributed by atoms with Gasteiger partial charge in [-0.2, -0.15) is 0 Å². The van der Waals surface area contributed by atoms with Crippen molar-refractivity contribution in [1.82, 2.24) is 5.32 Å². The van der Waals surface area contributed by atoms with Crippen LogP contribution >= 0.6 is 11.8 Å². The number of amidine groups is 1. The second-order valence-electron chi connectivity index (χ2n) is 5.27. The predicted octanol–water partition coefficient (Wildman–Crippen LogP) is 2.00. The van der Waals surface area contributed by atoms with Gasteiger partial charge in [-0.1, -0.05) is 42.1 Å². The lowest BCUT2D eigenvalue weighted by Gasteiger charge is -2.23. The molecule has 0 radical (unpaired) electrons. The van der Waals surface area contributed by atoms with Crippen LogP contribution in [0.1, 0.15) is 24.4 Å². The number of thioether (sulfide) groups is 1. The lowest BCUT2D eigenvalue weighted by Crippen LogP contribution is -2.41. The molecule has 2 aliphatic heterocycles. The van der Waals surface area contributed by atoms with Crippen molar-refractivity contribution in [3.63, 3.8) is 0 Å². The molecular formula is C14H18N2O2S2. The van der Waals surface area contributed by atoms with Gasteiger partial charge in [0.05, 0.1) is 17.5 Å². The summed E-state index contributed by atoms with van der Waals surface area (Å²) in [5.41, 5.74) is 1.22. The minimum Gasteiger partial charge on any atom is -0.361 e. The Morgan fingerprint density at radius 3 is 2.80 bits per heavy atom. The number of sulfone groups is 1. The molecule has 6 heteroatoms. The van der Waals surface area contributed by atoms with Crippen LogP contribution in [0.5, 0.6) is 0 Å². The molecule has 1 aromatic rings. The lowest BCUT2D eigenvalue weighted by atomic mass is 10.1. The smallest absolute Gasteiger partial charge is 0.157 e. The first kappa shape index (κ1) is 13.9. The van der Waals surface area contributed by atoms with Crippen LogP contribution in [0.3, 0.4) is 0 Å². The molecule has 1 N–H and O–H groups in total. The van der Waals surface area contributed by atoms with Crippen molar-refractivity contribution >= 4 is 26.8 Å². The highest BCUT2D eigenvalue weighted by molar-refractivity contribution is 8.14. The van der Waals surface area contributed by atoms with Crippen molar-refractivity contribution < 1.29 is 8.42 Å². The molecule has 0 aliphatic carbocycles. The zero-order valence-corrected chi connectivity index (χ0v) is 12.8. The van der Waals surface area contributed by atoms with Crippen LogP contribution in [-0.2, 0) is 9.84 Å². The normalized spacial score (nSPS) is 28.9. The van der Waals surface area contributed by atoms with Gasteiger partial charge >= 0.3 is 0 Å². The number of aliphatic imine (C=N–C) groups is 1. The first-order valence-electron chi connectivity index (χ1n) is 6.85. The summed E-state index contributed by atoms with van der Waals surface area (Å²) in [5, 5.41) is 4.20. The predicted molar refractivity (Wildman–Crippen MR) is 83.9 cm³/mol. The van der Waals surface area contributed by atoms with Crippen molar-refractivity contribution in [1.29, 1.82) is 0 Å². The average Bonchev–Trinajstić information content (AvgIpc) is 2.87. The fraction of sp³-hybridized carbons (Fsp3) is 0.500. The van der Waals surface area contributed by atoms with Crippen molar-refractivity contribution in [2.24, 2.45) is 4.99 Å². The fourth-order valence-electron chi connectivity index (χ4n) is 2.61. The van der Waals surface area contributed by atoms with Crippen LogP contribution in [0.25, 0.3) is 0 Å². The van der Waals surface area contributed by atoms with E-state index in [1.807, 2.05) is 18.2 Å². The second kappa shape index (κ2) is 5.77. The molecule has 1 fully saturated rings. The second-order valence-corrected chi connectivity index (χ2v) is 8.51. The molecule has 2 atom stereocenters. The number of benzene rings is 1. The Kier molecular flexibility index (Phi) is 4.03. The van der Waals surface area contributed by atoms with Crippen molar-refractivity contribution in [2.45, 2.75) is 24.9 Å². The Labute approximate surface area is 124 Å². The van der Waals surface area contributed by atoms with E-state index >= 15 is 0 Å². The Balaban J connectivity index is 1.64. The molecule has 0 saturated carbocycles. The van der Waals surface area contributed by atoms with Gasteiger partial charge in [0, 0.05) is 11.8 Å². The van der Waals surface area contributed by atoms with Gasteiger partial charge in [-0.25, -0.2) is 8.42 Å². The zero-order valence-electron chi connectivity index (χ0n) is 11.2. The number of hydrogen-bond donors (Lipinski definition) is 1. The summed E-state index contributed by atoms with van der Waals surface area (Å²) in [7, 11) is -2.87. The van der Waals surface area contributed by atoms with Gasteiger partial charge in [-0.3, -0.25) is 4.99 Å². The van der Waals surface area contributed by atoms with Crippen LogP contribution in [0.2, 0.25) is 0 Å². The summed E-state index contributed by atoms with van der Waals surface area (Å²) in [5.74, 6) is 1.49. The molecule has 0 aromatic heterocycles. The quantitative estimate of drug-likeness (QED) is 0.907. The Bertz CT molecular complexity index is 599. The first-order chi connectivity index (χ1) is 9.62. The first-order valence-corrected chi connectivity index (χ1v) is 9.66. The summed E-state index contributed by atoms with van der Waals surface area (Å²) in [4.78, 5) is 4.67. The summed E-state index contributed by atoms with van der Waals surface area (Å²) < 4.78 is 23.3. The van der Waals surface area contributed by atoms with E-state index in [0.29, 0.717) is 5.75 Å². The van der Waals surface area contributed by atoms with E-state index < -0.39 is 9.84 Å². The van der Waals surface area contributed by atoms with Crippen molar-refractivity contribution in [2.75, 3.05) is 17.3 Å². The lowest BCUT2D eigenvalue weighted by molar-refractivity contribution is 0.532. The summed E-state index contributed by atoms with van der Waals surface area (Å²) in [6, 6.07) is 10.4. The maximum Gasteiger partial charge on any atom is 0.157 e. The minimum atomic E-state index is -2.87. The van der Waals surface area contributed by atoms with E-state index in [-0.39, 0.29) is 17.8 Å². The van der Waals surface area contributed by atoms with Crippen LogP contribution < -0.4 is 5.32 Å². The van der Waals surface area contributed by atoms with Gasteiger partial charge in [-0.15, -0.1) is 0 Å². The molecule has 108 valence electrons. The molecule has 1 saturated heterocycles. The van der Waals surface area contributed by atoms with Gasteiger partial charge < -0.3 is 5.32 Å². The minimum absolute atomic E-state index is 0.0227. The molecular weight excluding hydrogens is 292 g/mol. The maximum absolute atomic E-state index is 11.6. The van der Waals surface area contributed by atoms with E-state index in [4.69, 9.17) is 0 Å². The molecule has 3 rings (SSSR count). The highest BCUT2D eigenvalue weighted by Crippen LogP contribution is 2.29. The van der Waals surface area contributed by atoms with Gasteiger partial charge in [-0.05, 0) is 18.4 Å². The third-order valence-corrected chi connectivity index (χ3v) is 6.43. The van der Waals surface area contributed by atoms with Gasteiger partial charge in [0.15, 0.2) is 15.0 Å². The van der Waals surface area contributed by atoms with E-state index in [1.54, 1.807) is 11.8 Å². The summed E-state index contributed by atoms with van der Waals surface area (Å²) >= 11 is 1.68. The molecule has 2 aliphatic rings. The third-order valence-electron chi connectivity index (χ3n) is 3.63. The number of nitrogens with zero attached hydrogens (tertiary/aromatic N) is 1. The standard InChI is InChI=1S/C14H18N2O2S2/c17-20(18)8-4-7-12(10-20)15-14-16-13(9-19-14)11-5-2-1-3-6-11/h1-3,5-6,12-13H,4,7-10H2,(H,15,16). The summed E-state index contributed by atoms with van der Waals surface area (Å²) in [6.45, 7) is 0. The Hall–Kier alpha value is -1.01. The van der Waals surface area contributed by atoms with E-state index in [1.165, 1.54) is 5.56 Å². The number of hydrogen-bond acceptors (Lipinski definition) is 5. The monoisotopic (exact) mass is 310 g/mol. The van der Waals surface area contributed by atoms with Crippen molar-refractivity contribution in [3.05, 3.63) is 35.9 Å². The topological polar surface area (TPSA) is 58.5 Å². The fourth-order valence-corrected chi connectivity index (χ4v) is 5.28. The Morgan fingerprint density at radius 2 is 2.05 bits per heavy atom. The maximum atomic E-state index is 11.6. The average molecular weight is 310 g/mol. The van der Waals surface area contributed by atoms with Crippen LogP contribution in [0, 0.1) is 0 Å². The number of rotatable bonds is 2. The van der Waals surface area contributed by atoms with Crippen LogP contribution in [0.4, 0.5) is 0 Å². The van der Waals surface area contributed by atoms with Crippen LogP contribution in [-0.4, -0.2) is 36.9 Å². The van der Waals surface area contributed by atoms with Gasteiger partial charge in [0.2, 0.25) is 0 Å². The third kappa shape index (κ3) is 3.35. The van der Waals surface area contributed by atoms with Gasteiger partial charge in [0.1, 0.15) is 0 Å². The largest absolute Gasteiger partial charge is 0.361 e. The SMILES string of the molecule is O=S1(=O)CCCC(NC2=NC(c3ccccc3)CS2)C1. The van der Waals surface area contributed by atoms with Gasteiger partial charge in [0.25, 0.3) is 0 Å². The van der Waals surface area contributed by atoms with E-state index in [0.717, 1.165) is 23.8 Å². The van der Waals surface area contributed by atoms with Crippen molar-refractivity contribution in [3.8, 4) is 0 Å². The van der Waals surface area contributed by atoms with E-state index in [2.05, 4.69) is 22.4 Å². The summed E-state index contributed by atoms with van der Waals surface area (Å²) in [6.07, 6.45) is 1.66. The number of nitrogens with one attached hydrogen (secondary N) is 1. The molecule has 0 spiro atoms. The van der Waals surface area contributed by atoms with Crippen LogP contribution in [0.15, 0.2) is 35.3 Å². The highest BCUT2D eigenvalue weighted by atomic mass is 32.2. The Morgan fingerprint density at radius 1 is 1.25 bits per heavy atom.